The molecule has 1 saturated heterocycles. The van der Waals surface area contributed by atoms with Crippen molar-refractivity contribution in [2.24, 2.45) is 0 Å². The second-order valence-electron chi connectivity index (χ2n) is 7.31. The Labute approximate surface area is 180 Å². The van der Waals surface area contributed by atoms with Gasteiger partial charge >= 0.3 is 0 Å². The molecular weight excluding hydrogens is 402 g/mol. The minimum Gasteiger partial charge on any atom is -0.354 e. The molecule has 1 aliphatic heterocycles. The lowest BCUT2D eigenvalue weighted by atomic mass is 10.1. The van der Waals surface area contributed by atoms with Gasteiger partial charge in [-0.05, 0) is 49.7 Å². The van der Waals surface area contributed by atoms with E-state index in [4.69, 9.17) is 16.1 Å². The molecule has 1 amide bonds. The molecule has 3 aromatic rings. The number of nitrogens with one attached hydrogen (secondary N) is 1. The number of likely N-dealkylation sites (tertiary alicyclic amines) is 1. The number of hydrogen-bond acceptors (Lipinski definition) is 6. The van der Waals surface area contributed by atoms with E-state index in [1.54, 1.807) is 6.20 Å². The summed E-state index contributed by atoms with van der Waals surface area (Å²) in [5.41, 5.74) is 1.70. The number of carbonyl (C=O) groups is 1. The highest BCUT2D eigenvalue weighted by Crippen LogP contribution is 2.29. The minimum atomic E-state index is -0.0520. The van der Waals surface area contributed by atoms with E-state index >= 15 is 0 Å². The van der Waals surface area contributed by atoms with Gasteiger partial charge in [-0.1, -0.05) is 41.0 Å². The Morgan fingerprint density at radius 3 is 2.73 bits per heavy atom. The Morgan fingerprint density at radius 1 is 1.17 bits per heavy atom. The summed E-state index contributed by atoms with van der Waals surface area (Å²) < 4.78 is 5.25. The monoisotopic (exact) mass is 425 g/mol. The normalized spacial score (nSPS) is 15.2. The first-order valence-electron chi connectivity index (χ1n) is 10.2. The molecule has 0 saturated carbocycles. The molecule has 0 spiro atoms. The highest BCUT2D eigenvalue weighted by molar-refractivity contribution is 6.31. The van der Waals surface area contributed by atoms with Crippen molar-refractivity contribution in [2.75, 3.05) is 19.6 Å². The molecule has 30 heavy (non-hydrogen) atoms. The number of pyridine rings is 1. The maximum atomic E-state index is 12.5. The molecule has 1 aromatic carbocycles. The molecule has 156 valence electrons. The van der Waals surface area contributed by atoms with E-state index in [1.165, 1.54) is 12.8 Å². The lowest BCUT2D eigenvalue weighted by Gasteiger charge is -2.29. The van der Waals surface area contributed by atoms with Crippen LogP contribution in [0, 0.1) is 0 Å². The lowest BCUT2D eigenvalue weighted by Crippen LogP contribution is -2.37. The number of nitrogens with zero attached hydrogens (tertiary/aromatic N) is 4. The summed E-state index contributed by atoms with van der Waals surface area (Å²) in [7, 11) is 0. The van der Waals surface area contributed by atoms with Gasteiger partial charge in [0, 0.05) is 30.6 Å². The number of hydrogen-bond donors (Lipinski definition) is 1. The van der Waals surface area contributed by atoms with Gasteiger partial charge in [-0.15, -0.1) is 0 Å². The first kappa shape index (κ1) is 20.5. The zero-order chi connectivity index (χ0) is 20.8. The summed E-state index contributed by atoms with van der Waals surface area (Å²) in [4.78, 5) is 23.4. The molecule has 4 rings (SSSR count). The number of halogens is 1. The average Bonchev–Trinajstić information content (AvgIpc) is 3.47. The maximum absolute atomic E-state index is 12.5. The van der Waals surface area contributed by atoms with Gasteiger partial charge in [0.1, 0.15) is 5.69 Å². The smallest absolute Gasteiger partial charge is 0.227 e. The highest BCUT2D eigenvalue weighted by atomic mass is 35.5. The van der Waals surface area contributed by atoms with Crippen molar-refractivity contribution in [2.45, 2.75) is 31.7 Å². The topological polar surface area (TPSA) is 84.1 Å². The van der Waals surface area contributed by atoms with Gasteiger partial charge in [-0.2, -0.15) is 4.98 Å². The number of rotatable bonds is 8. The van der Waals surface area contributed by atoms with Gasteiger partial charge in [0.05, 0.1) is 6.04 Å². The van der Waals surface area contributed by atoms with Crippen molar-refractivity contribution in [3.63, 3.8) is 0 Å². The third kappa shape index (κ3) is 5.04. The quantitative estimate of drug-likeness (QED) is 0.592. The first-order valence-corrected chi connectivity index (χ1v) is 10.6. The Morgan fingerprint density at radius 2 is 1.97 bits per heavy atom. The van der Waals surface area contributed by atoms with Crippen LogP contribution in [0.15, 0.2) is 53.2 Å². The Bertz CT molecular complexity index is 972. The third-order valence-corrected chi connectivity index (χ3v) is 5.61. The van der Waals surface area contributed by atoms with Crippen LogP contribution in [0.4, 0.5) is 0 Å². The Hall–Kier alpha value is -2.77. The van der Waals surface area contributed by atoms with Gasteiger partial charge in [0.25, 0.3) is 0 Å². The SMILES string of the molecule is O=C(CCc1nc(-c2ccccn2)no1)NCC(c1ccccc1Cl)N1CCCC1. The number of benzene rings is 1. The maximum Gasteiger partial charge on any atom is 0.227 e. The second kappa shape index (κ2) is 9.82. The van der Waals surface area contributed by atoms with Gasteiger partial charge < -0.3 is 9.84 Å². The van der Waals surface area contributed by atoms with Crippen LogP contribution in [0.5, 0.6) is 0 Å². The Kier molecular flexibility index (Phi) is 6.71. The molecule has 3 heterocycles. The van der Waals surface area contributed by atoms with Gasteiger partial charge in [0.15, 0.2) is 0 Å². The zero-order valence-corrected chi connectivity index (χ0v) is 17.4. The molecule has 0 bridgehead atoms. The van der Waals surface area contributed by atoms with E-state index in [1.807, 2.05) is 42.5 Å². The van der Waals surface area contributed by atoms with Crippen molar-refractivity contribution in [3.8, 4) is 11.5 Å². The van der Waals surface area contributed by atoms with Crippen LogP contribution in [0.1, 0.15) is 36.8 Å². The van der Waals surface area contributed by atoms with E-state index in [0.29, 0.717) is 30.4 Å². The van der Waals surface area contributed by atoms with Crippen LogP contribution in [0.25, 0.3) is 11.5 Å². The summed E-state index contributed by atoms with van der Waals surface area (Å²) in [5.74, 6) is 0.802. The van der Waals surface area contributed by atoms with E-state index in [2.05, 4.69) is 25.3 Å². The predicted octanol–water partition coefficient (Wildman–Crippen LogP) is 3.67. The van der Waals surface area contributed by atoms with Crippen LogP contribution in [0.2, 0.25) is 5.02 Å². The van der Waals surface area contributed by atoms with Gasteiger partial charge in [0.2, 0.25) is 17.6 Å². The van der Waals surface area contributed by atoms with Crippen molar-refractivity contribution < 1.29 is 9.32 Å². The summed E-state index contributed by atoms with van der Waals surface area (Å²) in [6.07, 6.45) is 4.68. The van der Waals surface area contributed by atoms with E-state index in [-0.39, 0.29) is 18.4 Å². The summed E-state index contributed by atoms with van der Waals surface area (Å²) in [5, 5.41) is 7.72. The number of amides is 1. The van der Waals surface area contributed by atoms with Crippen LogP contribution < -0.4 is 5.32 Å². The largest absolute Gasteiger partial charge is 0.354 e. The molecular formula is C22H24ClN5O2. The molecule has 1 N–H and O–H groups in total. The van der Waals surface area contributed by atoms with Gasteiger partial charge in [-0.3, -0.25) is 14.7 Å². The van der Waals surface area contributed by atoms with E-state index in [0.717, 1.165) is 23.7 Å². The lowest BCUT2D eigenvalue weighted by molar-refractivity contribution is -0.121. The van der Waals surface area contributed by atoms with E-state index in [9.17, 15) is 4.79 Å². The molecule has 0 aliphatic carbocycles. The molecule has 2 aromatic heterocycles. The molecule has 0 radical (unpaired) electrons. The average molecular weight is 426 g/mol. The standard InChI is InChI=1S/C22H24ClN5O2/c23-17-8-2-1-7-16(17)19(28-13-5-6-14-28)15-25-20(29)10-11-21-26-22(27-30-21)18-9-3-4-12-24-18/h1-4,7-9,12,19H,5-6,10-11,13-15H2,(H,25,29). The number of aryl methyl sites for hydroxylation is 1. The molecule has 1 unspecified atom stereocenters. The van der Waals surface area contributed by atoms with Crippen LogP contribution in [0.3, 0.4) is 0 Å². The van der Waals surface area contributed by atoms with Crippen LogP contribution >= 0.6 is 11.6 Å². The fraction of sp³-hybridized carbons (Fsp3) is 0.364. The van der Waals surface area contributed by atoms with Crippen molar-refractivity contribution in [1.82, 2.24) is 25.3 Å². The van der Waals surface area contributed by atoms with Crippen molar-refractivity contribution in [3.05, 3.63) is 65.1 Å². The number of carbonyl (C=O) groups excluding carboxylic acids is 1. The van der Waals surface area contributed by atoms with Crippen molar-refractivity contribution in [1.29, 1.82) is 0 Å². The summed E-state index contributed by atoms with van der Waals surface area (Å²) in [6.45, 7) is 2.56. The second-order valence-corrected chi connectivity index (χ2v) is 7.72. The fourth-order valence-electron chi connectivity index (χ4n) is 3.71. The minimum absolute atomic E-state index is 0.0520. The summed E-state index contributed by atoms with van der Waals surface area (Å²) in [6, 6.07) is 13.4. The molecule has 8 heteroatoms. The third-order valence-electron chi connectivity index (χ3n) is 5.27. The van der Waals surface area contributed by atoms with Crippen LogP contribution in [-0.4, -0.2) is 45.6 Å². The van der Waals surface area contributed by atoms with Crippen molar-refractivity contribution >= 4 is 17.5 Å². The molecule has 1 aliphatic rings. The molecule has 1 atom stereocenters. The zero-order valence-electron chi connectivity index (χ0n) is 16.6. The molecule has 1 fully saturated rings. The van der Waals surface area contributed by atoms with Gasteiger partial charge in [-0.25, -0.2) is 0 Å². The van der Waals surface area contributed by atoms with E-state index < -0.39 is 0 Å². The number of aromatic nitrogens is 3. The fourth-order valence-corrected chi connectivity index (χ4v) is 3.97. The Balaban J connectivity index is 1.33. The highest BCUT2D eigenvalue weighted by Gasteiger charge is 2.25. The molecule has 7 nitrogen and oxygen atoms in total. The van der Waals surface area contributed by atoms with Crippen LogP contribution in [-0.2, 0) is 11.2 Å². The summed E-state index contributed by atoms with van der Waals surface area (Å²) >= 11 is 6.43. The predicted molar refractivity (Wildman–Crippen MR) is 114 cm³/mol. The first-order chi connectivity index (χ1) is 14.7.